The molecule has 0 spiro atoms. The number of halogens is 2. The van der Waals surface area contributed by atoms with Crippen molar-refractivity contribution in [2.24, 2.45) is 0 Å². The molecular formula is C15H12ClIO2. The van der Waals surface area contributed by atoms with Crippen LogP contribution in [0.4, 0.5) is 0 Å². The lowest BCUT2D eigenvalue weighted by Crippen LogP contribution is -1.98. The van der Waals surface area contributed by atoms with Crippen LogP contribution in [0.5, 0.6) is 5.75 Å². The van der Waals surface area contributed by atoms with E-state index >= 15 is 0 Å². The van der Waals surface area contributed by atoms with E-state index in [2.05, 4.69) is 41.6 Å². The standard InChI is InChI=1S/C15H12ClIO2/c1-10-2-4-11(5-3-10)9-19-14-7-6-12(15(16)18)8-13(14)17/h2-8H,9H2,1H3. The molecule has 19 heavy (non-hydrogen) atoms. The van der Waals surface area contributed by atoms with Crippen molar-refractivity contribution in [3.8, 4) is 5.75 Å². The van der Waals surface area contributed by atoms with E-state index in [4.69, 9.17) is 16.3 Å². The summed E-state index contributed by atoms with van der Waals surface area (Å²) in [4.78, 5) is 11.0. The number of hydrogen-bond donors (Lipinski definition) is 0. The van der Waals surface area contributed by atoms with Crippen LogP contribution in [-0.4, -0.2) is 5.24 Å². The van der Waals surface area contributed by atoms with Crippen molar-refractivity contribution < 1.29 is 9.53 Å². The zero-order valence-corrected chi connectivity index (χ0v) is 13.2. The fourth-order valence-corrected chi connectivity index (χ4v) is 2.37. The number of ether oxygens (including phenoxy) is 1. The molecule has 0 amide bonds. The Labute approximate surface area is 130 Å². The molecule has 0 radical (unpaired) electrons. The molecule has 98 valence electrons. The highest BCUT2D eigenvalue weighted by Gasteiger charge is 2.07. The third-order valence-electron chi connectivity index (χ3n) is 2.67. The first-order valence-corrected chi connectivity index (χ1v) is 7.19. The summed E-state index contributed by atoms with van der Waals surface area (Å²) in [6.07, 6.45) is 0. The molecular weight excluding hydrogens is 375 g/mol. The molecule has 0 aromatic heterocycles. The molecule has 0 saturated heterocycles. The largest absolute Gasteiger partial charge is 0.488 e. The van der Waals surface area contributed by atoms with E-state index in [9.17, 15) is 4.79 Å². The Morgan fingerprint density at radius 2 is 1.89 bits per heavy atom. The highest BCUT2D eigenvalue weighted by atomic mass is 127. The van der Waals surface area contributed by atoms with Gasteiger partial charge in [0.2, 0.25) is 0 Å². The van der Waals surface area contributed by atoms with E-state index in [1.54, 1.807) is 18.2 Å². The van der Waals surface area contributed by atoms with Crippen LogP contribution in [0.3, 0.4) is 0 Å². The van der Waals surface area contributed by atoms with E-state index in [1.807, 2.05) is 12.1 Å². The predicted molar refractivity (Wildman–Crippen MR) is 84.9 cm³/mol. The molecule has 2 aromatic rings. The average molecular weight is 387 g/mol. The van der Waals surface area contributed by atoms with Gasteiger partial charge in [-0.25, -0.2) is 0 Å². The van der Waals surface area contributed by atoms with Crippen LogP contribution in [0.1, 0.15) is 21.5 Å². The summed E-state index contributed by atoms with van der Waals surface area (Å²) in [7, 11) is 0. The average Bonchev–Trinajstić information content (AvgIpc) is 2.39. The molecule has 0 unspecified atom stereocenters. The lowest BCUT2D eigenvalue weighted by Gasteiger charge is -2.09. The van der Waals surface area contributed by atoms with Crippen molar-refractivity contribution in [3.05, 3.63) is 62.7 Å². The second kappa shape index (κ2) is 6.39. The second-order valence-corrected chi connectivity index (χ2v) is 5.70. The van der Waals surface area contributed by atoms with Crippen molar-refractivity contribution in [2.45, 2.75) is 13.5 Å². The summed E-state index contributed by atoms with van der Waals surface area (Å²) in [6, 6.07) is 13.4. The van der Waals surface area contributed by atoms with Crippen LogP contribution in [0.15, 0.2) is 42.5 Å². The van der Waals surface area contributed by atoms with Gasteiger partial charge in [-0.2, -0.15) is 0 Å². The molecule has 0 N–H and O–H groups in total. The maximum absolute atomic E-state index is 11.0. The summed E-state index contributed by atoms with van der Waals surface area (Å²) >= 11 is 7.56. The molecule has 0 bridgehead atoms. The van der Waals surface area contributed by atoms with Gasteiger partial charge in [0.25, 0.3) is 5.24 Å². The first-order valence-electron chi connectivity index (χ1n) is 5.74. The monoisotopic (exact) mass is 386 g/mol. The van der Waals surface area contributed by atoms with E-state index in [1.165, 1.54) is 5.56 Å². The minimum atomic E-state index is -0.456. The van der Waals surface area contributed by atoms with Crippen molar-refractivity contribution in [3.63, 3.8) is 0 Å². The summed E-state index contributed by atoms with van der Waals surface area (Å²) in [6.45, 7) is 2.56. The maximum Gasteiger partial charge on any atom is 0.252 e. The zero-order valence-electron chi connectivity index (χ0n) is 10.3. The Balaban J connectivity index is 2.07. The predicted octanol–water partition coefficient (Wildman–Crippen LogP) is 4.56. The van der Waals surface area contributed by atoms with E-state index < -0.39 is 5.24 Å². The van der Waals surface area contributed by atoms with Crippen molar-refractivity contribution in [2.75, 3.05) is 0 Å². The fraction of sp³-hybridized carbons (Fsp3) is 0.133. The van der Waals surface area contributed by atoms with Crippen LogP contribution in [0.2, 0.25) is 0 Å². The molecule has 0 saturated carbocycles. The van der Waals surface area contributed by atoms with Gasteiger partial charge < -0.3 is 4.74 Å². The number of benzene rings is 2. The van der Waals surface area contributed by atoms with Gasteiger partial charge in [-0.1, -0.05) is 29.8 Å². The molecule has 0 fully saturated rings. The highest BCUT2D eigenvalue weighted by molar-refractivity contribution is 14.1. The van der Waals surface area contributed by atoms with Crippen molar-refractivity contribution >= 4 is 39.4 Å². The third kappa shape index (κ3) is 3.94. The number of carbonyl (C=O) groups is 1. The van der Waals surface area contributed by atoms with Gasteiger partial charge in [0.15, 0.2) is 0 Å². The van der Waals surface area contributed by atoms with E-state index in [0.717, 1.165) is 14.9 Å². The van der Waals surface area contributed by atoms with Gasteiger partial charge in [-0.15, -0.1) is 0 Å². The minimum Gasteiger partial charge on any atom is -0.488 e. The highest BCUT2D eigenvalue weighted by Crippen LogP contribution is 2.23. The van der Waals surface area contributed by atoms with Gasteiger partial charge in [-0.3, -0.25) is 4.79 Å². The number of carbonyl (C=O) groups excluding carboxylic acids is 1. The normalized spacial score (nSPS) is 10.3. The topological polar surface area (TPSA) is 26.3 Å². The van der Waals surface area contributed by atoms with Crippen molar-refractivity contribution in [1.82, 2.24) is 0 Å². The summed E-state index contributed by atoms with van der Waals surface area (Å²) in [5.41, 5.74) is 2.82. The minimum absolute atomic E-state index is 0.456. The van der Waals surface area contributed by atoms with Crippen LogP contribution in [0.25, 0.3) is 0 Å². The van der Waals surface area contributed by atoms with Gasteiger partial charge in [0, 0.05) is 5.56 Å². The van der Waals surface area contributed by atoms with Gasteiger partial charge >= 0.3 is 0 Å². The molecule has 4 heteroatoms. The summed E-state index contributed by atoms with van der Waals surface area (Å²) in [5, 5.41) is -0.456. The number of rotatable bonds is 4. The van der Waals surface area contributed by atoms with E-state index in [0.29, 0.717) is 12.2 Å². The van der Waals surface area contributed by atoms with Crippen LogP contribution in [-0.2, 0) is 6.61 Å². The van der Waals surface area contributed by atoms with E-state index in [-0.39, 0.29) is 0 Å². The second-order valence-electron chi connectivity index (χ2n) is 4.19. The van der Waals surface area contributed by atoms with Gasteiger partial charge in [0.1, 0.15) is 12.4 Å². The molecule has 0 aliphatic carbocycles. The first-order chi connectivity index (χ1) is 9.06. The Bertz CT molecular complexity index is 594. The Kier molecular flexibility index (Phi) is 4.82. The lowest BCUT2D eigenvalue weighted by atomic mass is 10.2. The Hall–Kier alpha value is -1.07. The maximum atomic E-state index is 11.0. The molecule has 0 heterocycles. The molecule has 0 aliphatic heterocycles. The van der Waals surface area contributed by atoms with Crippen molar-refractivity contribution in [1.29, 1.82) is 0 Å². The molecule has 2 rings (SSSR count). The summed E-state index contributed by atoms with van der Waals surface area (Å²) in [5.74, 6) is 0.753. The molecule has 0 aliphatic rings. The first kappa shape index (κ1) is 14.3. The Morgan fingerprint density at radius 1 is 1.21 bits per heavy atom. The third-order valence-corrected chi connectivity index (χ3v) is 3.74. The quantitative estimate of drug-likeness (QED) is 0.569. The number of aryl methyl sites for hydroxylation is 1. The Morgan fingerprint density at radius 3 is 2.47 bits per heavy atom. The van der Waals surface area contributed by atoms with Crippen LogP contribution >= 0.6 is 34.2 Å². The van der Waals surface area contributed by atoms with Crippen LogP contribution in [0, 0.1) is 10.5 Å². The zero-order chi connectivity index (χ0) is 13.8. The van der Waals surface area contributed by atoms with Gasteiger partial charge in [0.05, 0.1) is 3.57 Å². The summed E-state index contributed by atoms with van der Waals surface area (Å²) < 4.78 is 6.61. The number of hydrogen-bond acceptors (Lipinski definition) is 2. The molecule has 2 aromatic carbocycles. The molecule has 0 atom stereocenters. The fourth-order valence-electron chi connectivity index (χ4n) is 1.59. The van der Waals surface area contributed by atoms with Crippen LogP contribution < -0.4 is 4.74 Å². The van der Waals surface area contributed by atoms with Gasteiger partial charge in [-0.05, 0) is 64.9 Å². The lowest BCUT2D eigenvalue weighted by molar-refractivity contribution is 0.108. The smallest absolute Gasteiger partial charge is 0.252 e. The SMILES string of the molecule is Cc1ccc(COc2ccc(C(=O)Cl)cc2I)cc1. The molecule has 2 nitrogen and oxygen atoms in total.